The largest absolute Gasteiger partial charge is 0.485 e. The average molecular weight is 277 g/mol. The predicted octanol–water partition coefficient (Wildman–Crippen LogP) is 2.79. The number of nitrogens with zero attached hydrogens (tertiary/aromatic N) is 3. The third-order valence-electron chi connectivity index (χ3n) is 3.30. The van der Waals surface area contributed by atoms with Crippen LogP contribution in [0.25, 0.3) is 5.65 Å². The number of ether oxygens (including phenoxy) is 1. The Morgan fingerprint density at radius 1 is 1.33 bits per heavy atom. The van der Waals surface area contributed by atoms with Gasteiger partial charge in [-0.25, -0.2) is 4.98 Å². The van der Waals surface area contributed by atoms with Crippen molar-refractivity contribution in [3.8, 4) is 18.1 Å². The lowest BCUT2D eigenvalue weighted by Crippen LogP contribution is -1.99. The molecule has 21 heavy (non-hydrogen) atoms. The maximum absolute atomic E-state index is 5.88. The molecule has 104 valence electrons. The summed E-state index contributed by atoms with van der Waals surface area (Å²) in [6.07, 6.45) is 11.5. The Labute approximate surface area is 123 Å². The molecular weight excluding hydrogens is 262 g/mol. The van der Waals surface area contributed by atoms with Gasteiger partial charge < -0.3 is 4.74 Å². The van der Waals surface area contributed by atoms with Gasteiger partial charge in [-0.1, -0.05) is 6.07 Å². The molecule has 0 amide bonds. The van der Waals surface area contributed by atoms with Crippen LogP contribution in [0.15, 0.2) is 42.9 Å². The Morgan fingerprint density at radius 2 is 2.24 bits per heavy atom. The minimum atomic E-state index is 0.462. The summed E-state index contributed by atoms with van der Waals surface area (Å²) in [4.78, 5) is 8.65. The fourth-order valence-corrected chi connectivity index (χ4v) is 2.27. The summed E-state index contributed by atoms with van der Waals surface area (Å²) >= 11 is 0. The number of aromatic nitrogens is 3. The van der Waals surface area contributed by atoms with Crippen molar-refractivity contribution in [2.75, 3.05) is 0 Å². The van der Waals surface area contributed by atoms with Crippen LogP contribution in [0, 0.1) is 19.3 Å². The van der Waals surface area contributed by atoms with Crippen molar-refractivity contribution < 1.29 is 4.74 Å². The highest BCUT2D eigenvalue weighted by Gasteiger charge is 2.11. The van der Waals surface area contributed by atoms with Gasteiger partial charge >= 0.3 is 0 Å². The second-order valence-corrected chi connectivity index (χ2v) is 4.74. The van der Waals surface area contributed by atoms with Gasteiger partial charge in [0.1, 0.15) is 6.61 Å². The van der Waals surface area contributed by atoms with E-state index in [4.69, 9.17) is 11.2 Å². The second kappa shape index (κ2) is 5.68. The van der Waals surface area contributed by atoms with E-state index in [0.717, 1.165) is 28.3 Å². The average Bonchev–Trinajstić information content (AvgIpc) is 2.83. The topological polar surface area (TPSA) is 39.4 Å². The van der Waals surface area contributed by atoms with E-state index in [0.29, 0.717) is 13.0 Å². The summed E-state index contributed by atoms with van der Waals surface area (Å²) in [5.74, 6) is 3.41. The first kappa shape index (κ1) is 13.2. The molecule has 3 aromatic rings. The third kappa shape index (κ3) is 2.59. The van der Waals surface area contributed by atoms with Crippen molar-refractivity contribution in [2.24, 2.45) is 0 Å². The Balaban J connectivity index is 1.93. The summed E-state index contributed by atoms with van der Waals surface area (Å²) in [7, 11) is 0. The Bertz CT molecular complexity index is 800. The molecule has 3 heterocycles. The Hall–Kier alpha value is -2.80. The van der Waals surface area contributed by atoms with Crippen LogP contribution in [0.4, 0.5) is 0 Å². The molecule has 0 aliphatic heterocycles. The molecule has 0 spiro atoms. The van der Waals surface area contributed by atoms with Gasteiger partial charge in [-0.05, 0) is 25.1 Å². The number of terminal acetylenes is 1. The van der Waals surface area contributed by atoms with Gasteiger partial charge in [-0.3, -0.25) is 9.38 Å². The van der Waals surface area contributed by atoms with E-state index in [1.165, 1.54) is 0 Å². The lowest BCUT2D eigenvalue weighted by Gasteiger charge is -2.07. The highest BCUT2D eigenvalue weighted by molar-refractivity contribution is 5.56. The van der Waals surface area contributed by atoms with Crippen molar-refractivity contribution >= 4 is 5.65 Å². The third-order valence-corrected chi connectivity index (χ3v) is 3.30. The molecular formula is C17H15N3O. The summed E-state index contributed by atoms with van der Waals surface area (Å²) in [5.41, 5.74) is 3.78. The lowest BCUT2D eigenvalue weighted by molar-refractivity contribution is 0.307. The minimum absolute atomic E-state index is 0.462. The summed E-state index contributed by atoms with van der Waals surface area (Å²) in [5, 5.41) is 0. The minimum Gasteiger partial charge on any atom is -0.485 e. The molecule has 0 saturated carbocycles. The Kier molecular flexibility index (Phi) is 3.57. The van der Waals surface area contributed by atoms with Crippen LogP contribution >= 0.6 is 0 Å². The predicted molar refractivity (Wildman–Crippen MR) is 81.0 cm³/mol. The number of fused-ring (bicyclic) bond motifs is 1. The zero-order valence-corrected chi connectivity index (χ0v) is 11.8. The zero-order valence-electron chi connectivity index (χ0n) is 11.8. The molecule has 0 saturated heterocycles. The molecule has 0 aromatic carbocycles. The standard InChI is InChI=1S/C17H15N3O/c1-3-6-15-13(2)19-17-16(8-5-10-20(15)17)21-12-14-7-4-9-18-11-14/h1,4-5,7-11H,6,12H2,2H3. The maximum atomic E-state index is 5.88. The van der Waals surface area contributed by atoms with Crippen LogP contribution in [0.2, 0.25) is 0 Å². The summed E-state index contributed by atoms with van der Waals surface area (Å²) in [6, 6.07) is 7.72. The second-order valence-electron chi connectivity index (χ2n) is 4.74. The molecule has 0 unspecified atom stereocenters. The van der Waals surface area contributed by atoms with Crippen molar-refractivity contribution in [2.45, 2.75) is 20.0 Å². The van der Waals surface area contributed by atoms with Gasteiger partial charge in [0.25, 0.3) is 0 Å². The smallest absolute Gasteiger partial charge is 0.180 e. The van der Waals surface area contributed by atoms with E-state index in [1.807, 2.05) is 41.8 Å². The Morgan fingerprint density at radius 3 is 3.00 bits per heavy atom. The molecule has 0 atom stereocenters. The first-order chi connectivity index (χ1) is 10.3. The van der Waals surface area contributed by atoms with Gasteiger partial charge in [0.15, 0.2) is 11.4 Å². The maximum Gasteiger partial charge on any atom is 0.180 e. The molecule has 0 bridgehead atoms. The number of rotatable bonds is 4. The molecule has 3 rings (SSSR count). The quantitative estimate of drug-likeness (QED) is 0.688. The van der Waals surface area contributed by atoms with Gasteiger partial charge in [0, 0.05) is 24.2 Å². The molecule has 0 aliphatic rings. The highest BCUT2D eigenvalue weighted by atomic mass is 16.5. The van der Waals surface area contributed by atoms with Gasteiger partial charge in [0.05, 0.1) is 17.8 Å². The van der Waals surface area contributed by atoms with Crippen LogP contribution in [0.5, 0.6) is 5.75 Å². The first-order valence-electron chi connectivity index (χ1n) is 6.71. The molecule has 4 nitrogen and oxygen atoms in total. The number of aryl methyl sites for hydroxylation is 1. The fraction of sp³-hybridized carbons (Fsp3) is 0.176. The van der Waals surface area contributed by atoms with Crippen molar-refractivity contribution in [3.63, 3.8) is 0 Å². The van der Waals surface area contributed by atoms with Crippen LogP contribution in [0.1, 0.15) is 17.0 Å². The molecule has 0 radical (unpaired) electrons. The van der Waals surface area contributed by atoms with Crippen molar-refractivity contribution in [3.05, 3.63) is 59.8 Å². The van der Waals surface area contributed by atoms with Gasteiger partial charge in [-0.2, -0.15) is 0 Å². The summed E-state index contributed by atoms with van der Waals surface area (Å²) < 4.78 is 7.87. The number of hydrogen-bond acceptors (Lipinski definition) is 3. The van der Waals surface area contributed by atoms with Crippen LogP contribution in [-0.2, 0) is 13.0 Å². The lowest BCUT2D eigenvalue weighted by atomic mass is 10.2. The first-order valence-corrected chi connectivity index (χ1v) is 6.71. The molecule has 3 aromatic heterocycles. The van der Waals surface area contributed by atoms with E-state index < -0.39 is 0 Å². The van der Waals surface area contributed by atoms with Crippen molar-refractivity contribution in [1.29, 1.82) is 0 Å². The zero-order chi connectivity index (χ0) is 14.7. The normalized spacial score (nSPS) is 10.5. The van der Waals surface area contributed by atoms with E-state index >= 15 is 0 Å². The van der Waals surface area contributed by atoms with E-state index in [1.54, 1.807) is 12.4 Å². The van der Waals surface area contributed by atoms with Gasteiger partial charge in [0.2, 0.25) is 0 Å². The summed E-state index contributed by atoms with van der Waals surface area (Å²) in [6.45, 7) is 2.43. The SMILES string of the molecule is C#CCc1c(C)nc2c(OCc3cccnc3)cccn12. The van der Waals surface area contributed by atoms with E-state index in [2.05, 4.69) is 15.9 Å². The van der Waals surface area contributed by atoms with E-state index in [-0.39, 0.29) is 0 Å². The molecule has 0 fully saturated rings. The monoisotopic (exact) mass is 277 g/mol. The molecule has 0 N–H and O–H groups in total. The number of pyridine rings is 2. The van der Waals surface area contributed by atoms with Gasteiger partial charge in [-0.15, -0.1) is 12.3 Å². The van der Waals surface area contributed by atoms with Crippen LogP contribution in [-0.4, -0.2) is 14.4 Å². The van der Waals surface area contributed by atoms with Crippen LogP contribution < -0.4 is 4.74 Å². The number of imidazole rings is 1. The number of hydrogen-bond donors (Lipinski definition) is 0. The highest BCUT2D eigenvalue weighted by Crippen LogP contribution is 2.23. The van der Waals surface area contributed by atoms with E-state index in [9.17, 15) is 0 Å². The van der Waals surface area contributed by atoms with Crippen LogP contribution in [0.3, 0.4) is 0 Å². The molecule has 0 aliphatic carbocycles. The van der Waals surface area contributed by atoms with Crippen molar-refractivity contribution in [1.82, 2.24) is 14.4 Å². The molecule has 4 heteroatoms. The fourth-order valence-electron chi connectivity index (χ4n) is 2.27.